The highest BCUT2D eigenvalue weighted by molar-refractivity contribution is 7.26. The molecule has 0 unspecified atom stereocenters. The largest absolute Gasteiger partial charge is 0.456 e. The maximum Gasteiger partial charge on any atom is 0.135 e. The van der Waals surface area contributed by atoms with Crippen molar-refractivity contribution in [2.24, 2.45) is 0 Å². The molecule has 2 aromatic heterocycles. The van der Waals surface area contributed by atoms with Crippen LogP contribution < -0.4 is 4.90 Å². The Bertz CT molecular complexity index is 2840. The highest BCUT2D eigenvalue weighted by Crippen LogP contribution is 2.43. The molecule has 10 rings (SSSR count). The maximum absolute atomic E-state index is 6.22. The SMILES string of the molecule is c1cc(-c2cccc3c2sc2ccccc23)cc(N(c2ccc(-c3ccc4ccccc4c3)cc2)c2ccc3oc4ccccc4c3c2)c1. The van der Waals surface area contributed by atoms with Crippen LogP contribution in [0, 0.1) is 0 Å². The van der Waals surface area contributed by atoms with Crippen LogP contribution in [-0.4, -0.2) is 0 Å². The van der Waals surface area contributed by atoms with Crippen molar-refractivity contribution in [1.82, 2.24) is 0 Å². The molecule has 0 saturated carbocycles. The van der Waals surface area contributed by atoms with Gasteiger partial charge in [-0.15, -0.1) is 11.3 Å². The Hall–Kier alpha value is -6.16. The molecule has 0 amide bonds. The summed E-state index contributed by atoms with van der Waals surface area (Å²) in [6, 6.07) is 63.3. The van der Waals surface area contributed by atoms with Crippen molar-refractivity contribution in [3.63, 3.8) is 0 Å². The third kappa shape index (κ3) is 4.70. The zero-order valence-electron chi connectivity index (χ0n) is 26.5. The van der Waals surface area contributed by atoms with Gasteiger partial charge in [0.1, 0.15) is 11.2 Å². The van der Waals surface area contributed by atoms with Crippen molar-refractivity contribution in [3.8, 4) is 22.3 Å². The van der Waals surface area contributed by atoms with Crippen LogP contribution in [0.3, 0.4) is 0 Å². The molecule has 10 aromatic rings. The van der Waals surface area contributed by atoms with Crippen molar-refractivity contribution in [2.45, 2.75) is 0 Å². The minimum Gasteiger partial charge on any atom is -0.456 e. The molecule has 8 aromatic carbocycles. The van der Waals surface area contributed by atoms with Crippen LogP contribution in [-0.2, 0) is 0 Å². The first kappa shape index (κ1) is 27.9. The van der Waals surface area contributed by atoms with Crippen LogP contribution in [0.25, 0.3) is 75.1 Å². The minimum atomic E-state index is 0.891. The standard InChI is InChI=1S/C46H29NOS/c1-2-10-32-27-33(20-19-30(32)9-1)31-21-23-35(24-22-31)47(37-25-26-44-42(29-37)39-13-3-5-17-43(39)48-44)36-12-7-11-34(28-36)38-15-8-16-41-40-14-4-6-18-45(40)49-46(38)41/h1-29H. The van der Waals surface area contributed by atoms with Gasteiger partial charge in [-0.2, -0.15) is 0 Å². The second-order valence-corrected chi connectivity index (χ2v) is 13.6. The van der Waals surface area contributed by atoms with E-state index in [4.69, 9.17) is 4.42 Å². The van der Waals surface area contributed by atoms with Crippen LogP contribution in [0.4, 0.5) is 17.1 Å². The molecule has 0 atom stereocenters. The summed E-state index contributed by atoms with van der Waals surface area (Å²) in [5, 5.41) is 7.35. The van der Waals surface area contributed by atoms with E-state index in [2.05, 4.69) is 169 Å². The quantitative estimate of drug-likeness (QED) is 0.186. The number of fused-ring (bicyclic) bond motifs is 7. The molecule has 3 heteroatoms. The fourth-order valence-electron chi connectivity index (χ4n) is 7.26. The first-order chi connectivity index (χ1) is 24.3. The average molecular weight is 644 g/mol. The third-order valence-electron chi connectivity index (χ3n) is 9.65. The van der Waals surface area contributed by atoms with E-state index >= 15 is 0 Å². The van der Waals surface area contributed by atoms with Gasteiger partial charge < -0.3 is 9.32 Å². The van der Waals surface area contributed by atoms with E-state index in [0.717, 1.165) is 39.0 Å². The number of nitrogens with zero attached hydrogens (tertiary/aromatic N) is 1. The molecule has 0 saturated heterocycles. The van der Waals surface area contributed by atoms with E-state index in [1.54, 1.807) is 0 Å². The molecule has 0 spiro atoms. The van der Waals surface area contributed by atoms with E-state index < -0.39 is 0 Å². The third-order valence-corrected chi connectivity index (χ3v) is 10.9. The molecular weight excluding hydrogens is 615 g/mol. The van der Waals surface area contributed by atoms with E-state index in [1.165, 1.54) is 53.2 Å². The lowest BCUT2D eigenvalue weighted by molar-refractivity contribution is 0.669. The van der Waals surface area contributed by atoms with Gasteiger partial charge in [-0.25, -0.2) is 0 Å². The summed E-state index contributed by atoms with van der Waals surface area (Å²) in [6.07, 6.45) is 0. The fraction of sp³-hybridized carbons (Fsp3) is 0. The predicted molar refractivity (Wildman–Crippen MR) is 210 cm³/mol. The van der Waals surface area contributed by atoms with E-state index in [0.29, 0.717) is 0 Å². The number of thiophene rings is 1. The summed E-state index contributed by atoms with van der Waals surface area (Å²) < 4.78 is 8.85. The summed E-state index contributed by atoms with van der Waals surface area (Å²) in [7, 11) is 0. The number of furan rings is 1. The lowest BCUT2D eigenvalue weighted by Gasteiger charge is -2.26. The second kappa shape index (κ2) is 11.2. The fourth-order valence-corrected chi connectivity index (χ4v) is 8.50. The summed E-state index contributed by atoms with van der Waals surface area (Å²) in [5.41, 5.74) is 9.91. The van der Waals surface area contributed by atoms with Crippen molar-refractivity contribution < 1.29 is 4.42 Å². The molecule has 0 aliphatic heterocycles. The first-order valence-electron chi connectivity index (χ1n) is 16.6. The van der Waals surface area contributed by atoms with Crippen LogP contribution >= 0.6 is 11.3 Å². The van der Waals surface area contributed by atoms with Crippen molar-refractivity contribution in [2.75, 3.05) is 4.90 Å². The van der Waals surface area contributed by atoms with Gasteiger partial charge in [0.25, 0.3) is 0 Å². The lowest BCUT2D eigenvalue weighted by Crippen LogP contribution is -2.10. The number of benzene rings is 8. The summed E-state index contributed by atoms with van der Waals surface area (Å²) in [5.74, 6) is 0. The highest BCUT2D eigenvalue weighted by atomic mass is 32.1. The Morgan fingerprint density at radius 1 is 0.388 bits per heavy atom. The van der Waals surface area contributed by atoms with Gasteiger partial charge in [-0.05, 0) is 93.7 Å². The second-order valence-electron chi connectivity index (χ2n) is 12.6. The number of hydrogen-bond donors (Lipinski definition) is 0. The van der Waals surface area contributed by atoms with Gasteiger partial charge >= 0.3 is 0 Å². The molecule has 0 fully saturated rings. The smallest absolute Gasteiger partial charge is 0.135 e. The van der Waals surface area contributed by atoms with Gasteiger partial charge in [-0.3, -0.25) is 0 Å². The Balaban J connectivity index is 1.13. The molecule has 0 radical (unpaired) electrons. The average Bonchev–Trinajstić information content (AvgIpc) is 3.73. The van der Waals surface area contributed by atoms with Gasteiger partial charge in [0.15, 0.2) is 0 Å². The van der Waals surface area contributed by atoms with Crippen molar-refractivity contribution in [3.05, 3.63) is 176 Å². The van der Waals surface area contributed by atoms with Gasteiger partial charge in [0.05, 0.1) is 0 Å². The normalized spacial score (nSPS) is 11.7. The first-order valence-corrected chi connectivity index (χ1v) is 17.4. The van der Waals surface area contributed by atoms with Gasteiger partial charge in [0, 0.05) is 48.0 Å². The molecular formula is C46H29NOS. The number of para-hydroxylation sites is 1. The molecule has 0 bridgehead atoms. The Kier molecular flexibility index (Phi) is 6.39. The van der Waals surface area contributed by atoms with Gasteiger partial charge in [0.2, 0.25) is 0 Å². The number of hydrogen-bond acceptors (Lipinski definition) is 3. The Labute approximate surface area is 287 Å². The minimum absolute atomic E-state index is 0.891. The van der Waals surface area contributed by atoms with E-state index in [9.17, 15) is 0 Å². The Morgan fingerprint density at radius 2 is 1.08 bits per heavy atom. The zero-order valence-corrected chi connectivity index (χ0v) is 27.3. The van der Waals surface area contributed by atoms with E-state index in [-0.39, 0.29) is 0 Å². The number of rotatable bonds is 5. The van der Waals surface area contributed by atoms with Crippen LogP contribution in [0.2, 0.25) is 0 Å². The van der Waals surface area contributed by atoms with E-state index in [1.807, 2.05) is 23.5 Å². The summed E-state index contributed by atoms with van der Waals surface area (Å²) >= 11 is 1.87. The topological polar surface area (TPSA) is 16.4 Å². The maximum atomic E-state index is 6.22. The molecule has 49 heavy (non-hydrogen) atoms. The lowest BCUT2D eigenvalue weighted by atomic mass is 10.00. The van der Waals surface area contributed by atoms with Crippen LogP contribution in [0.1, 0.15) is 0 Å². The molecule has 2 heterocycles. The zero-order chi connectivity index (χ0) is 32.3. The monoisotopic (exact) mass is 643 g/mol. The molecule has 0 aliphatic rings. The molecule has 0 N–H and O–H groups in total. The summed E-state index contributed by atoms with van der Waals surface area (Å²) in [6.45, 7) is 0. The van der Waals surface area contributed by atoms with Crippen molar-refractivity contribution >= 4 is 81.3 Å². The van der Waals surface area contributed by atoms with Crippen molar-refractivity contribution in [1.29, 1.82) is 0 Å². The van der Waals surface area contributed by atoms with Gasteiger partial charge in [-0.1, -0.05) is 115 Å². The molecule has 230 valence electrons. The predicted octanol–water partition coefficient (Wildman–Crippen LogP) is 13.9. The molecule has 0 aliphatic carbocycles. The van der Waals surface area contributed by atoms with Crippen LogP contribution in [0.15, 0.2) is 180 Å². The number of anilines is 3. The Morgan fingerprint density at radius 3 is 2.00 bits per heavy atom. The molecule has 2 nitrogen and oxygen atoms in total. The highest BCUT2D eigenvalue weighted by Gasteiger charge is 2.18. The van der Waals surface area contributed by atoms with Crippen LogP contribution in [0.5, 0.6) is 0 Å². The summed E-state index contributed by atoms with van der Waals surface area (Å²) in [4.78, 5) is 2.36.